The first-order chi connectivity index (χ1) is 7.60. The lowest BCUT2D eigenvalue weighted by molar-refractivity contribution is -0.133. The highest BCUT2D eigenvalue weighted by Gasteiger charge is 2.38. The van der Waals surface area contributed by atoms with Gasteiger partial charge in [-0.05, 0) is 39.3 Å². The highest BCUT2D eigenvalue weighted by atomic mass is 16.2. The summed E-state index contributed by atoms with van der Waals surface area (Å²) in [7, 11) is 0. The highest BCUT2D eigenvalue weighted by molar-refractivity contribution is 5.83. The number of hydrogen-bond donors (Lipinski definition) is 2. The van der Waals surface area contributed by atoms with Crippen LogP contribution in [0, 0.1) is 5.41 Å². The molecule has 1 saturated heterocycles. The van der Waals surface area contributed by atoms with Crippen molar-refractivity contribution < 1.29 is 4.79 Å². The topological polar surface area (TPSA) is 41.1 Å². The molecular weight excluding hydrogens is 200 g/mol. The van der Waals surface area contributed by atoms with Gasteiger partial charge in [0.25, 0.3) is 0 Å². The quantitative estimate of drug-likeness (QED) is 0.700. The summed E-state index contributed by atoms with van der Waals surface area (Å²) in [4.78, 5) is 12.2. The van der Waals surface area contributed by atoms with Crippen LogP contribution in [0.3, 0.4) is 0 Å². The molecule has 3 heteroatoms. The van der Waals surface area contributed by atoms with E-state index >= 15 is 0 Å². The Bertz CT molecular complexity index is 249. The normalized spacial score (nSPS) is 19.1. The van der Waals surface area contributed by atoms with Crippen LogP contribution in [0.15, 0.2) is 12.2 Å². The third-order valence-corrected chi connectivity index (χ3v) is 3.32. The minimum absolute atomic E-state index is 0.130. The number of carbonyl (C=O) groups excluding carboxylic acids is 1. The number of nitrogens with one attached hydrogen (secondary N) is 2. The molecule has 0 bridgehead atoms. The SMILES string of the molecule is C=C(C)CNC(=O)C1(CCC)CCNCC1. The van der Waals surface area contributed by atoms with Crippen molar-refractivity contribution >= 4 is 5.91 Å². The summed E-state index contributed by atoms with van der Waals surface area (Å²) in [5.74, 6) is 0.221. The molecule has 1 rings (SSSR count). The number of hydrogen-bond acceptors (Lipinski definition) is 2. The summed E-state index contributed by atoms with van der Waals surface area (Å²) in [5, 5.41) is 6.33. The largest absolute Gasteiger partial charge is 0.352 e. The van der Waals surface area contributed by atoms with E-state index in [9.17, 15) is 4.79 Å². The maximum atomic E-state index is 12.2. The van der Waals surface area contributed by atoms with Crippen LogP contribution >= 0.6 is 0 Å². The first kappa shape index (κ1) is 13.2. The molecule has 3 nitrogen and oxygen atoms in total. The van der Waals surface area contributed by atoms with Crippen LogP contribution in [-0.4, -0.2) is 25.5 Å². The molecule has 0 radical (unpaired) electrons. The minimum atomic E-state index is -0.130. The summed E-state index contributed by atoms with van der Waals surface area (Å²) in [5.41, 5.74) is 0.879. The van der Waals surface area contributed by atoms with Crippen molar-refractivity contribution in [1.82, 2.24) is 10.6 Å². The number of rotatable bonds is 5. The van der Waals surface area contributed by atoms with Gasteiger partial charge in [0, 0.05) is 6.54 Å². The summed E-state index contributed by atoms with van der Waals surface area (Å²) in [6, 6.07) is 0. The average molecular weight is 224 g/mol. The van der Waals surface area contributed by atoms with E-state index in [1.807, 2.05) is 6.92 Å². The van der Waals surface area contributed by atoms with Crippen molar-refractivity contribution in [3.05, 3.63) is 12.2 Å². The van der Waals surface area contributed by atoms with Crippen LogP contribution in [0.2, 0.25) is 0 Å². The van der Waals surface area contributed by atoms with Crippen molar-refractivity contribution in [2.45, 2.75) is 39.5 Å². The van der Waals surface area contributed by atoms with E-state index in [1.165, 1.54) is 0 Å². The van der Waals surface area contributed by atoms with E-state index < -0.39 is 0 Å². The predicted octanol–water partition coefficient (Wildman–Crippen LogP) is 1.85. The molecular formula is C13H24N2O. The Hall–Kier alpha value is -0.830. The van der Waals surface area contributed by atoms with Gasteiger partial charge in [0.1, 0.15) is 0 Å². The molecule has 0 aliphatic carbocycles. The van der Waals surface area contributed by atoms with Crippen LogP contribution in [0.5, 0.6) is 0 Å². The zero-order chi connectivity index (χ0) is 12.0. The van der Waals surface area contributed by atoms with E-state index in [1.54, 1.807) is 0 Å². The summed E-state index contributed by atoms with van der Waals surface area (Å²) < 4.78 is 0. The zero-order valence-corrected chi connectivity index (χ0v) is 10.6. The molecule has 0 atom stereocenters. The second-order valence-electron chi connectivity index (χ2n) is 4.92. The van der Waals surface area contributed by atoms with Crippen LogP contribution < -0.4 is 10.6 Å². The molecule has 1 heterocycles. The lowest BCUT2D eigenvalue weighted by Crippen LogP contribution is -2.47. The first-order valence-electron chi connectivity index (χ1n) is 6.24. The number of piperidine rings is 1. The van der Waals surface area contributed by atoms with Gasteiger partial charge in [0.2, 0.25) is 5.91 Å². The fourth-order valence-corrected chi connectivity index (χ4v) is 2.39. The van der Waals surface area contributed by atoms with Gasteiger partial charge in [-0.1, -0.05) is 25.5 Å². The van der Waals surface area contributed by atoms with Gasteiger partial charge in [-0.2, -0.15) is 0 Å². The third-order valence-electron chi connectivity index (χ3n) is 3.32. The van der Waals surface area contributed by atoms with Gasteiger partial charge in [-0.15, -0.1) is 0 Å². The summed E-state index contributed by atoms with van der Waals surface area (Å²) in [6.45, 7) is 10.4. The Morgan fingerprint density at radius 2 is 2.06 bits per heavy atom. The van der Waals surface area contributed by atoms with Gasteiger partial charge >= 0.3 is 0 Å². The van der Waals surface area contributed by atoms with E-state index in [0.29, 0.717) is 6.54 Å². The average Bonchev–Trinajstić information content (AvgIpc) is 2.27. The van der Waals surface area contributed by atoms with Crippen molar-refractivity contribution in [3.63, 3.8) is 0 Å². The van der Waals surface area contributed by atoms with Crippen molar-refractivity contribution in [2.24, 2.45) is 5.41 Å². The zero-order valence-electron chi connectivity index (χ0n) is 10.6. The predicted molar refractivity (Wildman–Crippen MR) is 67.3 cm³/mol. The first-order valence-corrected chi connectivity index (χ1v) is 6.24. The van der Waals surface area contributed by atoms with Crippen LogP contribution in [0.1, 0.15) is 39.5 Å². The monoisotopic (exact) mass is 224 g/mol. The molecule has 16 heavy (non-hydrogen) atoms. The standard InChI is InChI=1S/C13H24N2O/c1-4-5-13(6-8-14-9-7-13)12(16)15-10-11(2)3/h14H,2,4-10H2,1,3H3,(H,15,16). The van der Waals surface area contributed by atoms with Crippen LogP contribution in [0.4, 0.5) is 0 Å². The maximum absolute atomic E-state index is 12.2. The van der Waals surface area contributed by atoms with Gasteiger partial charge in [0.05, 0.1) is 5.41 Å². The molecule has 0 unspecified atom stereocenters. The fourth-order valence-electron chi connectivity index (χ4n) is 2.39. The van der Waals surface area contributed by atoms with E-state index in [-0.39, 0.29) is 11.3 Å². The van der Waals surface area contributed by atoms with Crippen molar-refractivity contribution in [3.8, 4) is 0 Å². The fraction of sp³-hybridized carbons (Fsp3) is 0.769. The van der Waals surface area contributed by atoms with Crippen molar-refractivity contribution in [1.29, 1.82) is 0 Å². The number of amides is 1. The molecule has 0 spiro atoms. The summed E-state index contributed by atoms with van der Waals surface area (Å²) in [6.07, 6.45) is 3.99. The molecule has 0 aromatic heterocycles. The van der Waals surface area contributed by atoms with Gasteiger partial charge in [-0.25, -0.2) is 0 Å². The molecule has 1 amide bonds. The van der Waals surface area contributed by atoms with E-state index in [2.05, 4.69) is 24.1 Å². The second kappa shape index (κ2) is 6.04. The minimum Gasteiger partial charge on any atom is -0.352 e. The Labute approximate surface area is 98.7 Å². The Kier molecular flexibility index (Phi) is 5.00. The van der Waals surface area contributed by atoms with E-state index in [4.69, 9.17) is 0 Å². The second-order valence-corrected chi connectivity index (χ2v) is 4.92. The summed E-state index contributed by atoms with van der Waals surface area (Å²) >= 11 is 0. The molecule has 92 valence electrons. The van der Waals surface area contributed by atoms with Crippen molar-refractivity contribution in [2.75, 3.05) is 19.6 Å². The molecule has 1 aliphatic rings. The van der Waals surface area contributed by atoms with Gasteiger partial charge in [-0.3, -0.25) is 4.79 Å². The number of carbonyl (C=O) groups is 1. The maximum Gasteiger partial charge on any atom is 0.226 e. The molecule has 1 aliphatic heterocycles. The molecule has 0 saturated carbocycles. The smallest absolute Gasteiger partial charge is 0.226 e. The lowest BCUT2D eigenvalue weighted by Gasteiger charge is -2.36. The Morgan fingerprint density at radius 3 is 2.56 bits per heavy atom. The highest BCUT2D eigenvalue weighted by Crippen LogP contribution is 2.34. The van der Waals surface area contributed by atoms with Crippen LogP contribution in [-0.2, 0) is 4.79 Å². The molecule has 1 fully saturated rings. The Balaban J connectivity index is 2.60. The molecule has 0 aromatic rings. The third kappa shape index (κ3) is 3.34. The Morgan fingerprint density at radius 1 is 1.44 bits per heavy atom. The van der Waals surface area contributed by atoms with Gasteiger partial charge in [0.15, 0.2) is 0 Å². The van der Waals surface area contributed by atoms with Crippen LogP contribution in [0.25, 0.3) is 0 Å². The van der Waals surface area contributed by atoms with E-state index in [0.717, 1.165) is 44.3 Å². The lowest BCUT2D eigenvalue weighted by atomic mass is 9.74. The van der Waals surface area contributed by atoms with Gasteiger partial charge < -0.3 is 10.6 Å². The molecule has 0 aromatic carbocycles. The molecule has 2 N–H and O–H groups in total.